The zero-order valence-electron chi connectivity index (χ0n) is 19.6. The van der Waals surface area contributed by atoms with E-state index in [0.29, 0.717) is 33.0 Å². The van der Waals surface area contributed by atoms with E-state index in [1.54, 1.807) is 36.4 Å². The van der Waals surface area contributed by atoms with Crippen LogP contribution in [-0.4, -0.2) is 20.9 Å². The quantitative estimate of drug-likeness (QED) is 0.202. The number of hydrogen-bond donors (Lipinski definition) is 2. The number of ether oxygens (including phenoxy) is 1. The summed E-state index contributed by atoms with van der Waals surface area (Å²) < 4.78 is 34.3. The molecule has 0 saturated carbocycles. The summed E-state index contributed by atoms with van der Waals surface area (Å²) in [6, 6.07) is 22.3. The molecule has 196 valence electrons. The lowest BCUT2D eigenvalue weighted by molar-refractivity contribution is 0.0955. The molecule has 0 aliphatic heterocycles. The summed E-state index contributed by atoms with van der Waals surface area (Å²) >= 11 is 24.2. The summed E-state index contributed by atoms with van der Waals surface area (Å²) in [7, 11) is -4.03. The lowest BCUT2D eigenvalue weighted by Crippen LogP contribution is -2.27. The Morgan fingerprint density at radius 2 is 1.53 bits per heavy atom. The summed E-state index contributed by atoms with van der Waals surface area (Å²) in [6.45, 7) is 0.280. The van der Waals surface area contributed by atoms with E-state index in [2.05, 4.69) is 10.0 Å². The number of para-hydroxylation sites is 1. The molecule has 0 aliphatic rings. The minimum atomic E-state index is -4.03. The molecule has 4 aromatic rings. The van der Waals surface area contributed by atoms with Crippen molar-refractivity contribution in [1.82, 2.24) is 5.32 Å². The molecule has 0 fully saturated rings. The molecule has 1 amide bonds. The number of anilines is 1. The number of nitrogens with one attached hydrogen (secondary N) is 2. The average Bonchev–Trinajstić information content (AvgIpc) is 2.89. The Morgan fingerprint density at radius 3 is 2.24 bits per heavy atom. The Balaban J connectivity index is 1.46. The van der Waals surface area contributed by atoms with E-state index in [0.717, 1.165) is 5.56 Å². The molecule has 6 nitrogen and oxygen atoms in total. The number of rotatable bonds is 9. The van der Waals surface area contributed by atoms with E-state index in [1.165, 1.54) is 42.5 Å². The largest absolute Gasteiger partial charge is 0.456 e. The van der Waals surface area contributed by atoms with Crippen LogP contribution in [0.25, 0.3) is 0 Å². The van der Waals surface area contributed by atoms with E-state index in [1.807, 2.05) is 6.07 Å². The fourth-order valence-corrected chi connectivity index (χ4v) is 5.20. The predicted molar refractivity (Wildman–Crippen MR) is 153 cm³/mol. The number of sulfonamides is 1. The second kappa shape index (κ2) is 12.3. The summed E-state index contributed by atoms with van der Waals surface area (Å²) in [4.78, 5) is 12.9. The smallest absolute Gasteiger partial charge is 0.261 e. The van der Waals surface area contributed by atoms with Gasteiger partial charge in [0.25, 0.3) is 15.9 Å². The van der Waals surface area contributed by atoms with Crippen LogP contribution in [0.5, 0.6) is 11.5 Å². The maximum Gasteiger partial charge on any atom is 0.261 e. The van der Waals surface area contributed by atoms with Gasteiger partial charge in [0.2, 0.25) is 0 Å². The SMILES string of the molecule is O=C(NCCc1ccc(Cl)c(Cl)c1)c1cc(Cl)ccc1NS(=O)(=O)c1ccc(Oc2ccccc2Cl)cc1. The van der Waals surface area contributed by atoms with Crippen LogP contribution in [0, 0.1) is 0 Å². The van der Waals surface area contributed by atoms with Crippen molar-refractivity contribution in [3.8, 4) is 11.5 Å². The topological polar surface area (TPSA) is 84.5 Å². The fraction of sp³-hybridized carbons (Fsp3) is 0.0741. The van der Waals surface area contributed by atoms with Crippen molar-refractivity contribution in [1.29, 1.82) is 0 Å². The van der Waals surface area contributed by atoms with Crippen LogP contribution in [0.4, 0.5) is 5.69 Å². The van der Waals surface area contributed by atoms with Crippen molar-refractivity contribution in [3.63, 3.8) is 0 Å². The fourth-order valence-electron chi connectivity index (χ4n) is 3.45. The van der Waals surface area contributed by atoms with E-state index < -0.39 is 15.9 Å². The van der Waals surface area contributed by atoms with E-state index in [-0.39, 0.29) is 27.7 Å². The average molecular weight is 610 g/mol. The van der Waals surface area contributed by atoms with Crippen molar-refractivity contribution in [3.05, 3.63) is 116 Å². The lowest BCUT2D eigenvalue weighted by atomic mass is 10.1. The monoisotopic (exact) mass is 608 g/mol. The van der Waals surface area contributed by atoms with Gasteiger partial charge in [0.15, 0.2) is 0 Å². The number of carbonyl (C=O) groups is 1. The van der Waals surface area contributed by atoms with Crippen molar-refractivity contribution < 1.29 is 17.9 Å². The Labute approximate surface area is 240 Å². The Bertz CT molecular complexity index is 1580. The minimum Gasteiger partial charge on any atom is -0.456 e. The van der Waals surface area contributed by atoms with Crippen LogP contribution in [0.15, 0.2) is 89.8 Å². The van der Waals surface area contributed by atoms with Gasteiger partial charge in [-0.25, -0.2) is 8.42 Å². The summed E-state index contributed by atoms with van der Waals surface area (Å²) in [5.74, 6) is 0.359. The number of halogens is 4. The van der Waals surface area contributed by atoms with Crippen LogP contribution in [-0.2, 0) is 16.4 Å². The molecule has 0 spiro atoms. The molecule has 0 aromatic heterocycles. The minimum absolute atomic E-state index is 0.0232. The highest BCUT2D eigenvalue weighted by atomic mass is 35.5. The molecule has 4 aromatic carbocycles. The molecule has 0 atom stereocenters. The summed E-state index contributed by atoms with van der Waals surface area (Å²) in [5.41, 5.74) is 1.04. The maximum absolute atomic E-state index is 13.1. The van der Waals surface area contributed by atoms with Gasteiger partial charge in [-0.05, 0) is 78.7 Å². The van der Waals surface area contributed by atoms with E-state index in [4.69, 9.17) is 51.1 Å². The van der Waals surface area contributed by atoms with Gasteiger partial charge in [0, 0.05) is 11.6 Å². The number of benzene rings is 4. The van der Waals surface area contributed by atoms with Gasteiger partial charge >= 0.3 is 0 Å². The molecule has 11 heteroatoms. The molecule has 2 N–H and O–H groups in total. The van der Waals surface area contributed by atoms with Crippen molar-refractivity contribution in [2.24, 2.45) is 0 Å². The zero-order valence-corrected chi connectivity index (χ0v) is 23.4. The van der Waals surface area contributed by atoms with Gasteiger partial charge in [-0.2, -0.15) is 0 Å². The first-order valence-corrected chi connectivity index (χ1v) is 14.2. The Morgan fingerprint density at radius 1 is 0.789 bits per heavy atom. The first-order valence-electron chi connectivity index (χ1n) is 11.2. The van der Waals surface area contributed by atoms with Crippen LogP contribution in [0.2, 0.25) is 20.1 Å². The first-order chi connectivity index (χ1) is 18.1. The highest BCUT2D eigenvalue weighted by Gasteiger charge is 2.20. The molecule has 0 bridgehead atoms. The molecule has 0 unspecified atom stereocenters. The van der Waals surface area contributed by atoms with Crippen LogP contribution >= 0.6 is 46.4 Å². The third kappa shape index (κ3) is 7.12. The van der Waals surface area contributed by atoms with Gasteiger partial charge in [-0.15, -0.1) is 0 Å². The van der Waals surface area contributed by atoms with Crippen molar-refractivity contribution >= 4 is 68.0 Å². The molecule has 0 radical (unpaired) electrons. The zero-order chi connectivity index (χ0) is 27.3. The molecular formula is C27H20Cl4N2O4S. The van der Waals surface area contributed by atoms with Gasteiger partial charge in [-0.1, -0.05) is 64.6 Å². The first kappa shape index (κ1) is 28.1. The number of carbonyl (C=O) groups excluding carboxylic acids is 1. The van der Waals surface area contributed by atoms with Gasteiger partial charge in [0.05, 0.1) is 31.2 Å². The molecule has 38 heavy (non-hydrogen) atoms. The second-order valence-electron chi connectivity index (χ2n) is 8.05. The Kier molecular flexibility index (Phi) is 9.07. The van der Waals surface area contributed by atoms with Crippen LogP contribution < -0.4 is 14.8 Å². The molecule has 0 heterocycles. The van der Waals surface area contributed by atoms with Crippen LogP contribution in [0.1, 0.15) is 15.9 Å². The Hall–Kier alpha value is -2.94. The van der Waals surface area contributed by atoms with Gasteiger partial charge in [-0.3, -0.25) is 9.52 Å². The van der Waals surface area contributed by atoms with Crippen molar-refractivity contribution in [2.75, 3.05) is 11.3 Å². The summed E-state index contributed by atoms with van der Waals surface area (Å²) in [5, 5.41) is 4.35. The van der Waals surface area contributed by atoms with Gasteiger partial charge in [0.1, 0.15) is 11.5 Å². The molecular weight excluding hydrogens is 590 g/mol. The van der Waals surface area contributed by atoms with E-state index in [9.17, 15) is 13.2 Å². The van der Waals surface area contributed by atoms with Crippen molar-refractivity contribution in [2.45, 2.75) is 11.3 Å². The number of amides is 1. The molecule has 0 saturated heterocycles. The second-order valence-corrected chi connectivity index (χ2v) is 11.4. The highest BCUT2D eigenvalue weighted by molar-refractivity contribution is 7.92. The van der Waals surface area contributed by atoms with E-state index >= 15 is 0 Å². The standard InChI is InChI=1S/C27H20Cl4N2O4S/c28-18-6-12-25(21(16-18)27(34)32-14-13-17-5-11-22(29)24(31)15-17)33-38(35,36)20-9-7-19(8-10-20)37-26-4-2-1-3-23(26)30/h1-12,15-16,33H,13-14H2,(H,32,34). The third-order valence-corrected chi connectivity index (χ3v) is 8.02. The lowest BCUT2D eigenvalue weighted by Gasteiger charge is -2.14. The molecule has 0 aliphatic carbocycles. The molecule has 4 rings (SSSR count). The van der Waals surface area contributed by atoms with Gasteiger partial charge < -0.3 is 10.1 Å². The maximum atomic E-state index is 13.1. The normalized spacial score (nSPS) is 11.2. The predicted octanol–water partition coefficient (Wildman–Crippen LogP) is 7.87. The third-order valence-electron chi connectivity index (χ3n) is 5.35. The van der Waals surface area contributed by atoms with Crippen LogP contribution in [0.3, 0.4) is 0 Å². The summed E-state index contributed by atoms with van der Waals surface area (Å²) in [6.07, 6.45) is 0.493. The number of hydrogen-bond acceptors (Lipinski definition) is 4. The highest BCUT2D eigenvalue weighted by Crippen LogP contribution is 2.30.